The molecule has 0 aromatic carbocycles. The van der Waals surface area contributed by atoms with Crippen LogP contribution in [0.15, 0.2) is 5.16 Å². The van der Waals surface area contributed by atoms with Crippen LogP contribution in [0.1, 0.15) is 32.6 Å². The average Bonchev–Trinajstić information content (AvgIpc) is 2.26. The molecule has 0 aromatic heterocycles. The second-order valence-corrected chi connectivity index (χ2v) is 6.58. The van der Waals surface area contributed by atoms with Crippen LogP contribution in [0.5, 0.6) is 0 Å². The first kappa shape index (κ1) is 14.9. The molecule has 1 fully saturated rings. The maximum Gasteiger partial charge on any atom is 0.233 e. The van der Waals surface area contributed by atoms with E-state index in [-0.39, 0.29) is 17.0 Å². The number of hydrogen-bond donors (Lipinski definition) is 3. The van der Waals surface area contributed by atoms with Crippen molar-refractivity contribution < 1.29 is 14.2 Å². The number of rotatable bonds is 6. The summed E-state index contributed by atoms with van der Waals surface area (Å²) in [4.78, 5) is 12.0. The minimum atomic E-state index is -0.884. The van der Waals surface area contributed by atoms with E-state index in [1.165, 1.54) is 0 Å². The second-order valence-electron chi connectivity index (χ2n) is 4.77. The van der Waals surface area contributed by atoms with E-state index in [0.29, 0.717) is 25.8 Å². The summed E-state index contributed by atoms with van der Waals surface area (Å²) in [5.74, 6) is -0.212. The van der Waals surface area contributed by atoms with Gasteiger partial charge >= 0.3 is 0 Å². The van der Waals surface area contributed by atoms with Gasteiger partial charge in [-0.3, -0.25) is 9.00 Å². The second kappa shape index (κ2) is 6.17. The summed E-state index contributed by atoms with van der Waals surface area (Å²) >= 11 is 0. The van der Waals surface area contributed by atoms with Gasteiger partial charge in [-0.15, -0.1) is 0 Å². The van der Waals surface area contributed by atoms with Gasteiger partial charge in [0.25, 0.3) is 0 Å². The highest BCUT2D eigenvalue weighted by Gasteiger charge is 2.48. The quantitative estimate of drug-likeness (QED) is 0.278. The average molecular weight is 275 g/mol. The van der Waals surface area contributed by atoms with Crippen molar-refractivity contribution in [3.63, 3.8) is 0 Å². The number of nitrogens with two attached hydrogens (primary N) is 1. The molecule has 7 heteroatoms. The predicted molar refractivity (Wildman–Crippen MR) is 70.8 cm³/mol. The van der Waals surface area contributed by atoms with Crippen LogP contribution in [0.2, 0.25) is 0 Å². The number of nitrogens with one attached hydrogen (secondary N) is 1. The van der Waals surface area contributed by atoms with E-state index in [4.69, 9.17) is 10.9 Å². The first-order valence-electron chi connectivity index (χ1n) is 6.02. The minimum Gasteiger partial charge on any atom is -0.409 e. The van der Waals surface area contributed by atoms with Crippen LogP contribution in [-0.4, -0.2) is 39.2 Å². The fourth-order valence-corrected chi connectivity index (χ4v) is 2.40. The van der Waals surface area contributed by atoms with Gasteiger partial charge in [0.05, 0.1) is 0 Å². The minimum absolute atomic E-state index is 0.0154. The van der Waals surface area contributed by atoms with Crippen LogP contribution in [0.25, 0.3) is 0 Å². The van der Waals surface area contributed by atoms with E-state index in [2.05, 4.69) is 10.5 Å². The molecular weight excluding hydrogens is 254 g/mol. The van der Waals surface area contributed by atoms with Gasteiger partial charge in [0, 0.05) is 28.9 Å². The Kier molecular flexibility index (Phi) is 5.13. The topological polar surface area (TPSA) is 105 Å². The van der Waals surface area contributed by atoms with Gasteiger partial charge < -0.3 is 16.3 Å². The maximum atomic E-state index is 12.0. The molecule has 0 saturated heterocycles. The Morgan fingerprint density at radius 1 is 1.61 bits per heavy atom. The lowest BCUT2D eigenvalue weighted by Gasteiger charge is -2.38. The zero-order valence-corrected chi connectivity index (χ0v) is 11.6. The largest absolute Gasteiger partial charge is 0.409 e. The van der Waals surface area contributed by atoms with E-state index < -0.39 is 16.2 Å². The summed E-state index contributed by atoms with van der Waals surface area (Å²) in [5.41, 5.74) is 4.75. The molecule has 1 aliphatic rings. The number of carbonyl (C=O) groups is 1. The van der Waals surface area contributed by atoms with Gasteiger partial charge in [-0.2, -0.15) is 0 Å². The van der Waals surface area contributed by atoms with E-state index in [0.717, 1.165) is 6.42 Å². The Balaban J connectivity index is 2.47. The van der Waals surface area contributed by atoms with Gasteiger partial charge in [0.2, 0.25) is 5.91 Å². The Hall–Kier alpha value is -1.11. The van der Waals surface area contributed by atoms with Crippen molar-refractivity contribution in [3.8, 4) is 0 Å². The van der Waals surface area contributed by atoms with Crippen LogP contribution >= 0.6 is 0 Å². The molecular formula is C11H21N3O3S. The van der Waals surface area contributed by atoms with Gasteiger partial charge in [-0.1, -0.05) is 18.5 Å². The zero-order valence-electron chi connectivity index (χ0n) is 10.8. The molecule has 0 aliphatic heterocycles. The molecule has 1 amide bonds. The van der Waals surface area contributed by atoms with Crippen LogP contribution in [0, 0.1) is 5.41 Å². The highest BCUT2D eigenvalue weighted by atomic mass is 32.2. The van der Waals surface area contributed by atoms with Crippen molar-refractivity contribution in [2.24, 2.45) is 16.3 Å². The molecule has 0 aromatic rings. The predicted octanol–water partition coefficient (Wildman–Crippen LogP) is 0.176. The Labute approximate surface area is 109 Å². The van der Waals surface area contributed by atoms with Crippen LogP contribution in [-0.2, 0) is 15.6 Å². The molecule has 0 spiro atoms. The fourth-order valence-electron chi connectivity index (χ4n) is 1.95. The van der Waals surface area contributed by atoms with E-state index in [1.807, 2.05) is 6.92 Å². The highest BCUT2D eigenvalue weighted by Crippen LogP contribution is 2.41. The molecule has 104 valence electrons. The smallest absolute Gasteiger partial charge is 0.233 e. The molecule has 2 atom stereocenters. The molecule has 1 saturated carbocycles. The summed E-state index contributed by atoms with van der Waals surface area (Å²) in [6, 6.07) is 0. The first-order valence-corrected chi connectivity index (χ1v) is 7.64. The molecule has 2 unspecified atom stereocenters. The normalized spacial score (nSPS) is 21.8. The number of nitrogens with zero attached hydrogens (tertiary/aromatic N) is 1. The summed E-state index contributed by atoms with van der Waals surface area (Å²) < 4.78 is 11.2. The number of oxime groups is 1. The van der Waals surface area contributed by atoms with E-state index in [9.17, 15) is 9.00 Å². The third-order valence-corrected chi connectivity index (χ3v) is 5.01. The Morgan fingerprint density at radius 3 is 2.61 bits per heavy atom. The number of hydrogen-bond acceptors (Lipinski definition) is 4. The lowest BCUT2D eigenvalue weighted by Crippen LogP contribution is -2.54. The summed E-state index contributed by atoms with van der Waals surface area (Å²) in [7, 11) is -0.884. The van der Waals surface area contributed by atoms with Gasteiger partial charge in [0.15, 0.2) is 5.84 Å². The molecule has 1 aliphatic carbocycles. The van der Waals surface area contributed by atoms with Crippen molar-refractivity contribution in [1.29, 1.82) is 0 Å². The van der Waals surface area contributed by atoms with Crippen LogP contribution < -0.4 is 11.1 Å². The van der Waals surface area contributed by atoms with Crippen LogP contribution in [0.4, 0.5) is 0 Å². The van der Waals surface area contributed by atoms with Crippen LogP contribution in [0.3, 0.4) is 0 Å². The SMILES string of the molecule is CC(CCNC(=O)C1(C(N)=NO)CCC1)S(C)=O. The number of amidine groups is 1. The Bertz CT molecular complexity index is 367. The van der Waals surface area contributed by atoms with Gasteiger partial charge in [-0.25, -0.2) is 0 Å². The van der Waals surface area contributed by atoms with Gasteiger partial charge in [0.1, 0.15) is 5.41 Å². The van der Waals surface area contributed by atoms with Crippen molar-refractivity contribution in [2.45, 2.75) is 37.9 Å². The van der Waals surface area contributed by atoms with E-state index in [1.54, 1.807) is 6.26 Å². The Morgan fingerprint density at radius 2 is 2.22 bits per heavy atom. The first-order chi connectivity index (χ1) is 8.44. The zero-order chi connectivity index (χ0) is 13.8. The molecule has 0 heterocycles. The third kappa shape index (κ3) is 3.01. The van der Waals surface area contributed by atoms with Crippen molar-refractivity contribution in [2.75, 3.05) is 12.8 Å². The summed E-state index contributed by atoms with van der Waals surface area (Å²) in [5, 5.41) is 14.5. The lowest BCUT2D eigenvalue weighted by atomic mass is 9.67. The number of carbonyl (C=O) groups excluding carboxylic acids is 1. The highest BCUT2D eigenvalue weighted by molar-refractivity contribution is 7.84. The number of amides is 1. The molecule has 6 nitrogen and oxygen atoms in total. The standard InChI is InChI=1S/C11H21N3O3S/c1-8(18(2)17)4-7-13-10(15)11(5-3-6-11)9(12)14-16/h8,16H,3-7H2,1-2H3,(H2,12,14)(H,13,15). The van der Waals surface area contributed by atoms with E-state index >= 15 is 0 Å². The molecule has 0 bridgehead atoms. The van der Waals surface area contributed by atoms with Gasteiger partial charge in [-0.05, 0) is 19.3 Å². The fraction of sp³-hybridized carbons (Fsp3) is 0.818. The molecule has 0 radical (unpaired) electrons. The maximum absolute atomic E-state index is 12.0. The molecule has 1 rings (SSSR count). The van der Waals surface area contributed by atoms with Crippen molar-refractivity contribution in [1.82, 2.24) is 5.32 Å². The molecule has 4 N–H and O–H groups in total. The molecule has 18 heavy (non-hydrogen) atoms. The monoisotopic (exact) mass is 275 g/mol. The van der Waals surface area contributed by atoms with Crippen molar-refractivity contribution in [3.05, 3.63) is 0 Å². The third-order valence-electron chi connectivity index (χ3n) is 3.64. The lowest BCUT2D eigenvalue weighted by molar-refractivity contribution is -0.131. The summed E-state index contributed by atoms with van der Waals surface area (Å²) in [6.07, 6.45) is 4.43. The summed E-state index contributed by atoms with van der Waals surface area (Å²) in [6.45, 7) is 2.34. The van der Waals surface area contributed by atoms with Crippen molar-refractivity contribution >= 4 is 22.5 Å².